The molecule has 1 heterocycles. The van der Waals surface area contributed by atoms with E-state index in [0.29, 0.717) is 28.1 Å². The first-order chi connectivity index (χ1) is 14.8. The van der Waals surface area contributed by atoms with Crippen LogP contribution in [0.5, 0.6) is 11.5 Å². The highest BCUT2D eigenvalue weighted by Crippen LogP contribution is 2.39. The predicted octanol–water partition coefficient (Wildman–Crippen LogP) is 4.55. The number of imide groups is 1. The molecule has 162 valence electrons. The molecule has 9 heteroatoms. The molecular weight excluding hydrogens is 486 g/mol. The van der Waals surface area contributed by atoms with E-state index in [0.717, 1.165) is 22.2 Å². The second-order valence-corrected chi connectivity index (χ2v) is 8.50. The van der Waals surface area contributed by atoms with E-state index in [9.17, 15) is 14.4 Å². The Balaban J connectivity index is 1.80. The molecule has 0 N–H and O–H groups in total. The average molecular weight is 506 g/mol. The van der Waals surface area contributed by atoms with Crippen molar-refractivity contribution >= 4 is 50.9 Å². The SMILES string of the molecule is COC(=O)CN1C(=O)S/C(=C\c2cc(Br)c(OCc3ccc(C)cc3)c(OC)c2)C1=O. The summed E-state index contributed by atoms with van der Waals surface area (Å²) >= 11 is 4.25. The van der Waals surface area contributed by atoms with E-state index >= 15 is 0 Å². The molecule has 3 rings (SSSR count). The van der Waals surface area contributed by atoms with Crippen molar-refractivity contribution in [2.75, 3.05) is 20.8 Å². The van der Waals surface area contributed by atoms with Crippen LogP contribution in [0.1, 0.15) is 16.7 Å². The Bertz CT molecular complexity index is 1050. The summed E-state index contributed by atoms with van der Waals surface area (Å²) in [5.41, 5.74) is 2.82. The molecule has 0 aliphatic carbocycles. The number of esters is 1. The van der Waals surface area contributed by atoms with Gasteiger partial charge < -0.3 is 14.2 Å². The number of thioether (sulfide) groups is 1. The minimum absolute atomic E-state index is 0.205. The topological polar surface area (TPSA) is 82.1 Å². The van der Waals surface area contributed by atoms with E-state index in [1.165, 1.54) is 19.8 Å². The van der Waals surface area contributed by atoms with Gasteiger partial charge in [0.05, 0.1) is 23.6 Å². The van der Waals surface area contributed by atoms with E-state index in [1.807, 2.05) is 31.2 Å². The molecule has 1 aliphatic rings. The fraction of sp³-hybridized carbons (Fsp3) is 0.227. The van der Waals surface area contributed by atoms with Gasteiger partial charge in [-0.2, -0.15) is 0 Å². The molecule has 1 fully saturated rings. The van der Waals surface area contributed by atoms with Gasteiger partial charge in [0, 0.05) is 0 Å². The van der Waals surface area contributed by atoms with E-state index < -0.39 is 23.7 Å². The van der Waals surface area contributed by atoms with Crippen LogP contribution < -0.4 is 9.47 Å². The minimum Gasteiger partial charge on any atom is -0.493 e. The standard InChI is InChI=1S/C22H20BrNO6S/c1-13-4-6-14(7-5-13)12-30-20-16(23)8-15(9-17(20)28-2)10-18-21(26)24(22(27)31-18)11-19(25)29-3/h4-10H,11-12H2,1-3H3/b18-10-. The maximum absolute atomic E-state index is 12.5. The Kier molecular flexibility index (Phi) is 7.40. The number of methoxy groups -OCH3 is 2. The second kappa shape index (κ2) is 10.0. The highest BCUT2D eigenvalue weighted by Gasteiger charge is 2.36. The van der Waals surface area contributed by atoms with Crippen LogP contribution in [0.25, 0.3) is 6.08 Å². The van der Waals surface area contributed by atoms with Crippen LogP contribution in [-0.4, -0.2) is 42.8 Å². The highest BCUT2D eigenvalue weighted by atomic mass is 79.9. The summed E-state index contributed by atoms with van der Waals surface area (Å²) in [6.45, 7) is 1.96. The fourth-order valence-corrected chi connectivity index (χ4v) is 4.20. The third-order valence-corrected chi connectivity index (χ3v) is 5.94. The van der Waals surface area contributed by atoms with Crippen LogP contribution in [0.3, 0.4) is 0 Å². The summed E-state index contributed by atoms with van der Waals surface area (Å²) in [6.07, 6.45) is 1.57. The lowest BCUT2D eigenvalue weighted by atomic mass is 10.1. The Morgan fingerprint density at radius 1 is 1.16 bits per heavy atom. The lowest BCUT2D eigenvalue weighted by Crippen LogP contribution is -2.34. The van der Waals surface area contributed by atoms with Crippen molar-refractivity contribution in [1.29, 1.82) is 0 Å². The molecule has 1 saturated heterocycles. The van der Waals surface area contributed by atoms with Crippen molar-refractivity contribution < 1.29 is 28.6 Å². The van der Waals surface area contributed by atoms with Crippen molar-refractivity contribution in [2.24, 2.45) is 0 Å². The third kappa shape index (κ3) is 5.48. The zero-order valence-electron chi connectivity index (χ0n) is 17.1. The first-order valence-electron chi connectivity index (χ1n) is 9.20. The minimum atomic E-state index is -0.664. The second-order valence-electron chi connectivity index (χ2n) is 6.65. The number of rotatable bonds is 7. The number of carbonyl (C=O) groups excluding carboxylic acids is 3. The zero-order valence-corrected chi connectivity index (χ0v) is 19.5. The number of carbonyl (C=O) groups is 3. The van der Waals surface area contributed by atoms with Gasteiger partial charge in [0.15, 0.2) is 11.5 Å². The molecule has 0 spiro atoms. The quantitative estimate of drug-likeness (QED) is 0.403. The van der Waals surface area contributed by atoms with Gasteiger partial charge in [-0.05, 0) is 64.0 Å². The number of halogens is 1. The van der Waals surface area contributed by atoms with Crippen molar-refractivity contribution in [3.05, 3.63) is 62.5 Å². The van der Waals surface area contributed by atoms with E-state index in [-0.39, 0.29) is 4.91 Å². The van der Waals surface area contributed by atoms with Gasteiger partial charge in [-0.25, -0.2) is 0 Å². The van der Waals surface area contributed by atoms with Crippen LogP contribution >= 0.6 is 27.7 Å². The fourth-order valence-electron chi connectivity index (χ4n) is 2.78. The van der Waals surface area contributed by atoms with E-state index in [1.54, 1.807) is 18.2 Å². The number of hydrogen-bond donors (Lipinski definition) is 0. The monoisotopic (exact) mass is 505 g/mol. The van der Waals surface area contributed by atoms with Gasteiger partial charge in [-0.3, -0.25) is 19.3 Å². The van der Waals surface area contributed by atoms with Crippen molar-refractivity contribution in [2.45, 2.75) is 13.5 Å². The molecule has 2 aromatic carbocycles. The first kappa shape index (κ1) is 22.9. The molecule has 7 nitrogen and oxygen atoms in total. The predicted molar refractivity (Wildman–Crippen MR) is 121 cm³/mol. The summed E-state index contributed by atoms with van der Waals surface area (Å²) in [5.74, 6) is -0.209. The van der Waals surface area contributed by atoms with Crippen molar-refractivity contribution in [1.82, 2.24) is 4.90 Å². The molecule has 0 radical (unpaired) electrons. The van der Waals surface area contributed by atoms with Crippen LogP contribution in [0.2, 0.25) is 0 Å². The Labute approximate surface area is 192 Å². The van der Waals surface area contributed by atoms with Gasteiger partial charge in [-0.1, -0.05) is 29.8 Å². The highest BCUT2D eigenvalue weighted by molar-refractivity contribution is 9.10. The van der Waals surface area contributed by atoms with Crippen molar-refractivity contribution in [3.8, 4) is 11.5 Å². The van der Waals surface area contributed by atoms with E-state index in [4.69, 9.17) is 9.47 Å². The number of ether oxygens (including phenoxy) is 3. The Morgan fingerprint density at radius 3 is 2.52 bits per heavy atom. The summed E-state index contributed by atoms with van der Waals surface area (Å²) in [4.78, 5) is 37.1. The third-order valence-electron chi connectivity index (χ3n) is 4.44. The van der Waals surface area contributed by atoms with Crippen LogP contribution in [-0.2, 0) is 20.9 Å². The summed E-state index contributed by atoms with van der Waals surface area (Å²) in [6, 6.07) is 11.5. The van der Waals surface area contributed by atoms with Gasteiger partial charge >= 0.3 is 5.97 Å². The lowest BCUT2D eigenvalue weighted by molar-refractivity contribution is -0.143. The number of nitrogens with zero attached hydrogens (tertiary/aromatic N) is 1. The number of aryl methyl sites for hydroxylation is 1. The number of benzene rings is 2. The molecule has 1 aliphatic heterocycles. The summed E-state index contributed by atoms with van der Waals surface area (Å²) < 4.78 is 16.6. The maximum Gasteiger partial charge on any atom is 0.325 e. The number of hydrogen-bond acceptors (Lipinski definition) is 7. The van der Waals surface area contributed by atoms with Crippen molar-refractivity contribution in [3.63, 3.8) is 0 Å². The molecule has 31 heavy (non-hydrogen) atoms. The molecule has 0 saturated carbocycles. The van der Waals surface area contributed by atoms with E-state index in [2.05, 4.69) is 20.7 Å². The zero-order chi connectivity index (χ0) is 22.5. The van der Waals surface area contributed by atoms with Crippen LogP contribution in [0, 0.1) is 6.92 Å². The maximum atomic E-state index is 12.5. The lowest BCUT2D eigenvalue weighted by Gasteiger charge is -2.14. The molecule has 2 amide bonds. The first-order valence-corrected chi connectivity index (χ1v) is 10.8. The Hall–Kier alpha value is -2.78. The van der Waals surface area contributed by atoms with Gasteiger partial charge in [0.25, 0.3) is 11.1 Å². The molecule has 0 unspecified atom stereocenters. The molecule has 0 bridgehead atoms. The molecule has 0 aromatic heterocycles. The molecule has 2 aromatic rings. The Morgan fingerprint density at radius 2 is 1.87 bits per heavy atom. The van der Waals surface area contributed by atoms with Gasteiger partial charge in [-0.15, -0.1) is 0 Å². The molecule has 0 atom stereocenters. The normalized spacial score (nSPS) is 14.8. The summed E-state index contributed by atoms with van der Waals surface area (Å²) in [5, 5.41) is -0.522. The summed E-state index contributed by atoms with van der Waals surface area (Å²) in [7, 11) is 2.72. The molecular formula is C22H20BrNO6S. The van der Waals surface area contributed by atoms with Crippen LogP contribution in [0.4, 0.5) is 4.79 Å². The van der Waals surface area contributed by atoms with Gasteiger partial charge in [0.1, 0.15) is 13.2 Å². The average Bonchev–Trinajstić information content (AvgIpc) is 3.01. The largest absolute Gasteiger partial charge is 0.493 e. The van der Waals surface area contributed by atoms with Gasteiger partial charge in [0.2, 0.25) is 0 Å². The smallest absolute Gasteiger partial charge is 0.325 e. The number of amides is 2. The van der Waals surface area contributed by atoms with Crippen LogP contribution in [0.15, 0.2) is 45.8 Å².